The van der Waals surface area contributed by atoms with Gasteiger partial charge in [0.1, 0.15) is 6.10 Å². The van der Waals surface area contributed by atoms with Gasteiger partial charge in [0.2, 0.25) is 9.84 Å². The van der Waals surface area contributed by atoms with E-state index in [0.717, 1.165) is 11.0 Å². The third kappa shape index (κ3) is 3.69. The standard InChI is InChI=1S/C17H15Cl2NO3S/c1-11-17(12-2-4-13(18)5-3-12)23-16(20-11)10-24(21,22)15-8-6-14(19)7-9-15/h2-11,17,20H,1H3/b16-10-/t11-,17+/m1/s1. The van der Waals surface area contributed by atoms with Crippen LogP contribution in [0, 0.1) is 0 Å². The maximum absolute atomic E-state index is 12.4. The third-order valence-electron chi connectivity index (χ3n) is 3.68. The summed E-state index contributed by atoms with van der Waals surface area (Å²) in [6.07, 6.45) is -0.283. The van der Waals surface area contributed by atoms with E-state index in [0.29, 0.717) is 10.0 Å². The molecule has 0 aliphatic carbocycles. The molecule has 0 bridgehead atoms. The minimum absolute atomic E-state index is 0.0714. The summed E-state index contributed by atoms with van der Waals surface area (Å²) < 4.78 is 30.7. The molecule has 126 valence electrons. The van der Waals surface area contributed by atoms with Crippen LogP contribution >= 0.6 is 23.2 Å². The summed E-state index contributed by atoms with van der Waals surface area (Å²) in [6, 6.07) is 13.2. The molecule has 1 fully saturated rings. The predicted octanol–water partition coefficient (Wildman–Crippen LogP) is 4.32. The van der Waals surface area contributed by atoms with Gasteiger partial charge in [-0.15, -0.1) is 0 Å². The zero-order valence-corrected chi connectivity index (χ0v) is 15.1. The van der Waals surface area contributed by atoms with Gasteiger partial charge in [0.05, 0.1) is 16.3 Å². The second kappa shape index (κ2) is 6.67. The van der Waals surface area contributed by atoms with Gasteiger partial charge in [-0.3, -0.25) is 0 Å². The van der Waals surface area contributed by atoms with Gasteiger partial charge in [-0.1, -0.05) is 35.3 Å². The Balaban J connectivity index is 1.84. The van der Waals surface area contributed by atoms with Gasteiger partial charge >= 0.3 is 0 Å². The summed E-state index contributed by atoms with van der Waals surface area (Å²) in [5, 5.41) is 5.27. The van der Waals surface area contributed by atoms with Crippen LogP contribution in [-0.4, -0.2) is 14.5 Å². The van der Waals surface area contributed by atoms with E-state index in [2.05, 4.69) is 5.32 Å². The molecule has 2 aromatic carbocycles. The number of hydrogen-bond acceptors (Lipinski definition) is 4. The van der Waals surface area contributed by atoms with Gasteiger partial charge in [-0.2, -0.15) is 0 Å². The molecule has 4 nitrogen and oxygen atoms in total. The van der Waals surface area contributed by atoms with Crippen molar-refractivity contribution in [1.82, 2.24) is 5.32 Å². The van der Waals surface area contributed by atoms with Crippen LogP contribution in [0.3, 0.4) is 0 Å². The molecule has 24 heavy (non-hydrogen) atoms. The Morgan fingerprint density at radius 3 is 2.12 bits per heavy atom. The zero-order valence-electron chi connectivity index (χ0n) is 12.7. The fraction of sp³-hybridized carbons (Fsp3) is 0.176. The number of ether oxygens (including phenoxy) is 1. The molecule has 1 aliphatic rings. The van der Waals surface area contributed by atoms with Crippen LogP contribution in [0.15, 0.2) is 64.7 Å². The van der Waals surface area contributed by atoms with Crippen LogP contribution in [-0.2, 0) is 14.6 Å². The Hall–Kier alpha value is -1.69. The lowest BCUT2D eigenvalue weighted by Crippen LogP contribution is -2.21. The average molecular weight is 384 g/mol. The van der Waals surface area contributed by atoms with Crippen LogP contribution in [0.25, 0.3) is 0 Å². The largest absolute Gasteiger partial charge is 0.468 e. The highest BCUT2D eigenvalue weighted by Crippen LogP contribution is 2.31. The molecule has 2 aromatic rings. The fourth-order valence-corrected chi connectivity index (χ4v) is 3.79. The van der Waals surface area contributed by atoms with Crippen molar-refractivity contribution in [3.05, 3.63) is 75.4 Å². The molecular weight excluding hydrogens is 369 g/mol. The van der Waals surface area contributed by atoms with E-state index < -0.39 is 9.84 Å². The third-order valence-corrected chi connectivity index (χ3v) is 5.64. The Kier molecular flexibility index (Phi) is 4.76. The molecule has 3 rings (SSSR count). The first-order valence-corrected chi connectivity index (χ1v) is 9.56. The Labute approximate surface area is 151 Å². The first-order chi connectivity index (χ1) is 11.3. The molecule has 0 aromatic heterocycles. The monoisotopic (exact) mass is 383 g/mol. The summed E-state index contributed by atoms with van der Waals surface area (Å²) in [5.41, 5.74) is 0.923. The van der Waals surface area contributed by atoms with E-state index in [-0.39, 0.29) is 22.9 Å². The van der Waals surface area contributed by atoms with Crippen molar-refractivity contribution in [3.8, 4) is 0 Å². The smallest absolute Gasteiger partial charge is 0.205 e. The first-order valence-electron chi connectivity index (χ1n) is 7.26. The summed E-state index contributed by atoms with van der Waals surface area (Å²) >= 11 is 11.7. The van der Waals surface area contributed by atoms with Gasteiger partial charge in [-0.05, 0) is 48.9 Å². The number of rotatable bonds is 3. The van der Waals surface area contributed by atoms with Crippen LogP contribution in [0.5, 0.6) is 0 Å². The lowest BCUT2D eigenvalue weighted by Gasteiger charge is -2.13. The minimum Gasteiger partial charge on any atom is -0.468 e. The highest BCUT2D eigenvalue weighted by molar-refractivity contribution is 7.94. The van der Waals surface area contributed by atoms with Crippen LogP contribution < -0.4 is 5.32 Å². The molecule has 1 aliphatic heterocycles. The Morgan fingerprint density at radius 2 is 1.54 bits per heavy atom. The topological polar surface area (TPSA) is 55.4 Å². The number of hydrogen-bond donors (Lipinski definition) is 1. The molecule has 0 spiro atoms. The second-order valence-corrected chi connectivity index (χ2v) is 8.17. The quantitative estimate of drug-likeness (QED) is 0.857. The molecular formula is C17H15Cl2NO3S. The number of benzene rings is 2. The second-order valence-electron chi connectivity index (χ2n) is 5.50. The summed E-state index contributed by atoms with van der Waals surface area (Å²) in [4.78, 5) is 0.160. The van der Waals surface area contributed by atoms with E-state index in [1.54, 1.807) is 12.1 Å². The van der Waals surface area contributed by atoms with Crippen LogP contribution in [0.4, 0.5) is 0 Å². The molecule has 0 amide bonds. The molecule has 1 heterocycles. The van der Waals surface area contributed by atoms with Gasteiger partial charge in [0, 0.05) is 10.0 Å². The number of halogens is 2. The minimum atomic E-state index is -3.63. The van der Waals surface area contributed by atoms with E-state index in [1.807, 2.05) is 19.1 Å². The summed E-state index contributed by atoms with van der Waals surface area (Å²) in [7, 11) is -3.63. The molecule has 0 saturated carbocycles. The van der Waals surface area contributed by atoms with Crippen molar-refractivity contribution < 1.29 is 13.2 Å². The van der Waals surface area contributed by atoms with E-state index in [9.17, 15) is 8.42 Å². The van der Waals surface area contributed by atoms with E-state index in [1.165, 1.54) is 24.3 Å². The van der Waals surface area contributed by atoms with Crippen molar-refractivity contribution in [2.24, 2.45) is 0 Å². The number of nitrogens with one attached hydrogen (secondary N) is 1. The van der Waals surface area contributed by atoms with Crippen LogP contribution in [0.1, 0.15) is 18.6 Å². The van der Waals surface area contributed by atoms with Crippen molar-refractivity contribution >= 4 is 33.0 Å². The SMILES string of the molecule is C[C@H]1N/C(=C/S(=O)(=O)c2ccc(Cl)cc2)O[C@@H]1c1ccc(Cl)cc1. The lowest BCUT2D eigenvalue weighted by molar-refractivity contribution is 0.155. The fourth-order valence-electron chi connectivity index (χ4n) is 2.48. The molecule has 0 radical (unpaired) electrons. The van der Waals surface area contributed by atoms with Gasteiger partial charge in [0.15, 0.2) is 5.88 Å². The predicted molar refractivity (Wildman–Crippen MR) is 94.6 cm³/mol. The molecule has 1 N–H and O–H groups in total. The van der Waals surface area contributed by atoms with Crippen molar-refractivity contribution in [3.63, 3.8) is 0 Å². The van der Waals surface area contributed by atoms with Crippen molar-refractivity contribution in [1.29, 1.82) is 0 Å². The normalized spacial score (nSPS) is 22.2. The van der Waals surface area contributed by atoms with Crippen LogP contribution in [0.2, 0.25) is 10.0 Å². The average Bonchev–Trinajstić information content (AvgIpc) is 2.88. The molecule has 7 heteroatoms. The lowest BCUT2D eigenvalue weighted by atomic mass is 10.0. The van der Waals surface area contributed by atoms with Crippen molar-refractivity contribution in [2.75, 3.05) is 0 Å². The van der Waals surface area contributed by atoms with E-state index >= 15 is 0 Å². The highest BCUT2D eigenvalue weighted by Gasteiger charge is 2.31. The number of sulfone groups is 1. The molecule has 1 saturated heterocycles. The first kappa shape index (κ1) is 17.1. The molecule has 2 atom stereocenters. The Morgan fingerprint density at radius 1 is 1.00 bits per heavy atom. The van der Waals surface area contributed by atoms with E-state index in [4.69, 9.17) is 27.9 Å². The molecule has 0 unspecified atom stereocenters. The maximum Gasteiger partial charge on any atom is 0.205 e. The summed E-state index contributed by atoms with van der Waals surface area (Å²) in [5.74, 6) is 0.220. The summed E-state index contributed by atoms with van der Waals surface area (Å²) in [6.45, 7) is 1.93. The zero-order chi connectivity index (χ0) is 17.3. The highest BCUT2D eigenvalue weighted by atomic mass is 35.5. The maximum atomic E-state index is 12.4. The van der Waals surface area contributed by atoms with Crippen molar-refractivity contribution in [2.45, 2.75) is 24.0 Å². The van der Waals surface area contributed by atoms with Gasteiger partial charge in [-0.25, -0.2) is 8.42 Å². The van der Waals surface area contributed by atoms with Gasteiger partial charge in [0.25, 0.3) is 0 Å². The Bertz CT molecular complexity index is 862. The van der Waals surface area contributed by atoms with Gasteiger partial charge < -0.3 is 10.1 Å².